The van der Waals surface area contributed by atoms with E-state index in [1.165, 1.54) is 5.56 Å². The van der Waals surface area contributed by atoms with Crippen LogP contribution in [0.25, 0.3) is 0 Å². The molecule has 0 spiro atoms. The molecule has 0 aliphatic heterocycles. The molecule has 1 aromatic carbocycles. The van der Waals surface area contributed by atoms with Crippen LogP contribution >= 0.6 is 11.6 Å². The van der Waals surface area contributed by atoms with Gasteiger partial charge in [-0.05, 0) is 42.8 Å². The maximum atomic E-state index is 6.05. The van der Waals surface area contributed by atoms with E-state index in [-0.39, 0.29) is 6.04 Å². The Labute approximate surface area is 113 Å². The minimum Gasteiger partial charge on any atom is -0.469 e. The third-order valence-corrected chi connectivity index (χ3v) is 3.11. The smallest absolute Gasteiger partial charge is 0.105 e. The molecule has 0 amide bonds. The minimum absolute atomic E-state index is 0.245. The van der Waals surface area contributed by atoms with Crippen LogP contribution < -0.4 is 5.32 Å². The Bertz CT molecular complexity index is 467. The number of halogens is 1. The first-order chi connectivity index (χ1) is 8.79. The first-order valence-corrected chi connectivity index (χ1v) is 6.68. The van der Waals surface area contributed by atoms with Crippen molar-refractivity contribution in [2.75, 3.05) is 6.54 Å². The van der Waals surface area contributed by atoms with Gasteiger partial charge in [0, 0.05) is 17.5 Å². The van der Waals surface area contributed by atoms with Crippen molar-refractivity contribution in [2.24, 2.45) is 0 Å². The fraction of sp³-hybridized carbons (Fsp3) is 0.333. The summed E-state index contributed by atoms with van der Waals surface area (Å²) >= 11 is 6.05. The molecule has 2 aromatic rings. The first kappa shape index (κ1) is 13.2. The van der Waals surface area contributed by atoms with Gasteiger partial charge >= 0.3 is 0 Å². The standard InChI is InChI=1S/C15H18ClNO/c1-2-8-17-15(11-14-7-4-9-18-14)12-5-3-6-13(16)10-12/h3-7,9-10,15,17H,2,8,11H2,1H3. The SMILES string of the molecule is CCCNC(Cc1ccco1)c1cccc(Cl)c1. The molecule has 18 heavy (non-hydrogen) atoms. The Kier molecular flexibility index (Phi) is 4.85. The molecular formula is C15H18ClNO. The van der Waals surface area contributed by atoms with Crippen molar-refractivity contribution in [3.63, 3.8) is 0 Å². The van der Waals surface area contributed by atoms with Crippen LogP contribution in [0.15, 0.2) is 47.1 Å². The van der Waals surface area contributed by atoms with E-state index in [0.29, 0.717) is 0 Å². The van der Waals surface area contributed by atoms with Gasteiger partial charge in [0.1, 0.15) is 5.76 Å². The van der Waals surface area contributed by atoms with E-state index in [1.807, 2.05) is 30.3 Å². The fourth-order valence-electron chi connectivity index (χ4n) is 1.98. The largest absolute Gasteiger partial charge is 0.469 e. The van der Waals surface area contributed by atoms with E-state index in [0.717, 1.165) is 30.2 Å². The molecule has 0 radical (unpaired) electrons. The van der Waals surface area contributed by atoms with Gasteiger partial charge < -0.3 is 9.73 Å². The Balaban J connectivity index is 2.13. The number of rotatable bonds is 6. The molecule has 0 saturated heterocycles. The van der Waals surface area contributed by atoms with Crippen LogP contribution in [0.2, 0.25) is 5.02 Å². The van der Waals surface area contributed by atoms with Crippen LogP contribution in [0.4, 0.5) is 0 Å². The Morgan fingerprint density at radius 3 is 2.83 bits per heavy atom. The minimum atomic E-state index is 0.245. The zero-order valence-corrected chi connectivity index (χ0v) is 11.3. The summed E-state index contributed by atoms with van der Waals surface area (Å²) in [5.74, 6) is 0.989. The second-order valence-electron chi connectivity index (χ2n) is 4.35. The molecule has 1 N–H and O–H groups in total. The molecule has 2 nitrogen and oxygen atoms in total. The number of nitrogens with one attached hydrogen (secondary N) is 1. The highest BCUT2D eigenvalue weighted by Crippen LogP contribution is 2.21. The second-order valence-corrected chi connectivity index (χ2v) is 4.78. The molecule has 0 saturated carbocycles. The van der Waals surface area contributed by atoms with Gasteiger partial charge in [-0.3, -0.25) is 0 Å². The van der Waals surface area contributed by atoms with Gasteiger partial charge in [0.15, 0.2) is 0 Å². The summed E-state index contributed by atoms with van der Waals surface area (Å²) < 4.78 is 5.42. The van der Waals surface area contributed by atoms with Gasteiger partial charge in [-0.1, -0.05) is 30.7 Å². The molecule has 1 atom stereocenters. The van der Waals surface area contributed by atoms with Crippen molar-refractivity contribution < 1.29 is 4.42 Å². The van der Waals surface area contributed by atoms with Crippen molar-refractivity contribution >= 4 is 11.6 Å². The monoisotopic (exact) mass is 263 g/mol. The average molecular weight is 264 g/mol. The number of hydrogen-bond donors (Lipinski definition) is 1. The van der Waals surface area contributed by atoms with Gasteiger partial charge in [-0.25, -0.2) is 0 Å². The maximum absolute atomic E-state index is 6.05. The van der Waals surface area contributed by atoms with E-state index in [1.54, 1.807) is 6.26 Å². The predicted octanol–water partition coefficient (Wildman–Crippen LogP) is 4.22. The summed E-state index contributed by atoms with van der Waals surface area (Å²) in [6, 6.07) is 12.2. The van der Waals surface area contributed by atoms with Crippen LogP contribution in [0, 0.1) is 0 Å². The van der Waals surface area contributed by atoms with Gasteiger partial charge in [-0.2, -0.15) is 0 Å². The van der Waals surface area contributed by atoms with Gasteiger partial charge in [-0.15, -0.1) is 0 Å². The third kappa shape index (κ3) is 3.62. The summed E-state index contributed by atoms with van der Waals surface area (Å²) in [5, 5.41) is 4.31. The average Bonchev–Trinajstić information content (AvgIpc) is 2.87. The van der Waals surface area contributed by atoms with Gasteiger partial charge in [0.2, 0.25) is 0 Å². The summed E-state index contributed by atoms with van der Waals surface area (Å²) in [7, 11) is 0. The van der Waals surface area contributed by atoms with Crippen molar-refractivity contribution in [2.45, 2.75) is 25.8 Å². The van der Waals surface area contributed by atoms with Crippen molar-refractivity contribution in [1.82, 2.24) is 5.32 Å². The summed E-state index contributed by atoms with van der Waals surface area (Å²) in [6.07, 6.45) is 3.66. The molecule has 3 heteroatoms. The lowest BCUT2D eigenvalue weighted by atomic mass is 10.0. The second kappa shape index (κ2) is 6.62. The third-order valence-electron chi connectivity index (χ3n) is 2.88. The van der Waals surface area contributed by atoms with E-state index >= 15 is 0 Å². The summed E-state index contributed by atoms with van der Waals surface area (Å²) in [4.78, 5) is 0. The Morgan fingerprint density at radius 1 is 1.28 bits per heavy atom. The molecule has 1 unspecified atom stereocenters. The maximum Gasteiger partial charge on any atom is 0.105 e. The molecule has 0 aliphatic rings. The molecule has 2 rings (SSSR count). The van der Waals surface area contributed by atoms with E-state index < -0.39 is 0 Å². The van der Waals surface area contributed by atoms with Gasteiger partial charge in [0.25, 0.3) is 0 Å². The fourth-order valence-corrected chi connectivity index (χ4v) is 2.18. The van der Waals surface area contributed by atoms with E-state index in [9.17, 15) is 0 Å². The molecule has 0 aliphatic carbocycles. The topological polar surface area (TPSA) is 25.2 Å². The number of benzene rings is 1. The van der Waals surface area contributed by atoms with E-state index in [4.69, 9.17) is 16.0 Å². The summed E-state index contributed by atoms with van der Waals surface area (Å²) in [5.41, 5.74) is 1.20. The molecule has 1 aromatic heterocycles. The van der Waals surface area contributed by atoms with Crippen molar-refractivity contribution in [3.8, 4) is 0 Å². The van der Waals surface area contributed by atoms with Crippen LogP contribution in [0.5, 0.6) is 0 Å². The van der Waals surface area contributed by atoms with Crippen LogP contribution in [0.1, 0.15) is 30.7 Å². The lowest BCUT2D eigenvalue weighted by Crippen LogP contribution is -2.23. The molecule has 1 heterocycles. The zero-order chi connectivity index (χ0) is 12.8. The van der Waals surface area contributed by atoms with Crippen LogP contribution in [0.3, 0.4) is 0 Å². The van der Waals surface area contributed by atoms with Crippen LogP contribution in [-0.4, -0.2) is 6.54 Å². The van der Waals surface area contributed by atoms with E-state index in [2.05, 4.69) is 18.3 Å². The number of furan rings is 1. The molecule has 96 valence electrons. The Morgan fingerprint density at radius 2 is 2.17 bits per heavy atom. The van der Waals surface area contributed by atoms with Crippen molar-refractivity contribution in [1.29, 1.82) is 0 Å². The lowest BCUT2D eigenvalue weighted by Gasteiger charge is -2.18. The molecular weight excluding hydrogens is 246 g/mol. The van der Waals surface area contributed by atoms with Gasteiger partial charge in [0.05, 0.1) is 6.26 Å². The summed E-state index contributed by atoms with van der Waals surface area (Å²) in [6.45, 7) is 3.15. The number of hydrogen-bond acceptors (Lipinski definition) is 2. The lowest BCUT2D eigenvalue weighted by molar-refractivity contribution is 0.449. The highest BCUT2D eigenvalue weighted by molar-refractivity contribution is 6.30. The molecule has 0 fully saturated rings. The highest BCUT2D eigenvalue weighted by atomic mass is 35.5. The van der Waals surface area contributed by atoms with Crippen LogP contribution in [-0.2, 0) is 6.42 Å². The predicted molar refractivity (Wildman–Crippen MR) is 74.9 cm³/mol. The zero-order valence-electron chi connectivity index (χ0n) is 10.5. The quantitative estimate of drug-likeness (QED) is 0.844. The highest BCUT2D eigenvalue weighted by Gasteiger charge is 2.13. The first-order valence-electron chi connectivity index (χ1n) is 6.31. The Hall–Kier alpha value is -1.25. The molecule has 0 bridgehead atoms. The normalized spacial score (nSPS) is 12.6. The van der Waals surface area contributed by atoms with Crippen molar-refractivity contribution in [3.05, 3.63) is 59.0 Å².